The number of hydrogen-bond donors (Lipinski definition) is 1. The standard InChI is InChI=1S/C24H28F2N4O6/c1-15(31)27(2)8-9-29-14-28(10-11-36-3)24(35)21-23(34)22(33)18(13-30(21)29)20(32)7-5-16-4-6-17(25)12-19(16)26/h4,6,12-13,34H,5,7-11,14H2,1-3H3. The van der Waals surface area contributed by atoms with Crippen molar-refractivity contribution in [2.24, 2.45) is 0 Å². The molecule has 36 heavy (non-hydrogen) atoms. The number of rotatable bonds is 10. The van der Waals surface area contributed by atoms with Crippen LogP contribution in [-0.2, 0) is 16.0 Å². The van der Waals surface area contributed by atoms with Gasteiger partial charge in [0.2, 0.25) is 11.3 Å². The van der Waals surface area contributed by atoms with Crippen LogP contribution >= 0.6 is 0 Å². The first-order valence-electron chi connectivity index (χ1n) is 11.3. The number of methoxy groups -OCH3 is 1. The lowest BCUT2D eigenvalue weighted by molar-refractivity contribution is -0.127. The fourth-order valence-electron chi connectivity index (χ4n) is 3.77. The zero-order valence-electron chi connectivity index (χ0n) is 20.3. The fourth-order valence-corrected chi connectivity index (χ4v) is 3.77. The number of ketones is 1. The molecule has 1 aliphatic heterocycles. The predicted molar refractivity (Wildman–Crippen MR) is 126 cm³/mol. The van der Waals surface area contributed by atoms with Crippen molar-refractivity contribution in [3.8, 4) is 5.75 Å². The third-order valence-corrected chi connectivity index (χ3v) is 6.03. The number of likely N-dealkylation sites (N-methyl/N-ethyl adjacent to an activating group) is 1. The molecule has 0 unspecified atom stereocenters. The van der Waals surface area contributed by atoms with Gasteiger partial charge in [0.25, 0.3) is 5.91 Å². The first-order valence-corrected chi connectivity index (χ1v) is 11.3. The molecular weight excluding hydrogens is 478 g/mol. The van der Waals surface area contributed by atoms with Crippen LogP contribution in [-0.4, -0.2) is 84.2 Å². The average molecular weight is 507 g/mol. The van der Waals surface area contributed by atoms with Gasteiger partial charge in [-0.05, 0) is 18.1 Å². The highest BCUT2D eigenvalue weighted by atomic mass is 19.1. The monoisotopic (exact) mass is 506 g/mol. The minimum Gasteiger partial charge on any atom is -0.502 e. The average Bonchev–Trinajstić information content (AvgIpc) is 2.83. The van der Waals surface area contributed by atoms with Gasteiger partial charge in [0.05, 0.1) is 18.7 Å². The largest absolute Gasteiger partial charge is 0.502 e. The smallest absolute Gasteiger partial charge is 0.277 e. The van der Waals surface area contributed by atoms with Crippen molar-refractivity contribution in [2.75, 3.05) is 52.1 Å². The summed E-state index contributed by atoms with van der Waals surface area (Å²) in [7, 11) is 3.08. The second kappa shape index (κ2) is 11.3. The summed E-state index contributed by atoms with van der Waals surface area (Å²) in [4.78, 5) is 53.3. The quantitative estimate of drug-likeness (QED) is 0.481. The van der Waals surface area contributed by atoms with Crippen molar-refractivity contribution in [2.45, 2.75) is 19.8 Å². The van der Waals surface area contributed by atoms with E-state index in [1.165, 1.54) is 40.8 Å². The van der Waals surface area contributed by atoms with Gasteiger partial charge in [0.15, 0.2) is 17.2 Å². The summed E-state index contributed by atoms with van der Waals surface area (Å²) in [6, 6.07) is 2.99. The molecule has 12 heteroatoms. The summed E-state index contributed by atoms with van der Waals surface area (Å²) in [5.41, 5.74) is -1.60. The van der Waals surface area contributed by atoms with Crippen LogP contribution in [0.4, 0.5) is 8.78 Å². The van der Waals surface area contributed by atoms with Crippen LogP contribution in [0.5, 0.6) is 5.75 Å². The third-order valence-electron chi connectivity index (χ3n) is 6.03. The Morgan fingerprint density at radius 3 is 2.56 bits per heavy atom. The predicted octanol–water partition coefficient (Wildman–Crippen LogP) is 1.12. The topological polar surface area (TPSA) is 112 Å². The van der Waals surface area contributed by atoms with Crippen LogP contribution in [0.2, 0.25) is 0 Å². The summed E-state index contributed by atoms with van der Waals surface area (Å²) in [5, 5.41) is 12.3. The summed E-state index contributed by atoms with van der Waals surface area (Å²) in [5.74, 6) is -3.91. The van der Waals surface area contributed by atoms with E-state index in [1.54, 1.807) is 12.1 Å². The molecule has 1 aromatic heterocycles. The Bertz CT molecular complexity index is 1230. The van der Waals surface area contributed by atoms with Crippen molar-refractivity contribution >= 4 is 17.6 Å². The van der Waals surface area contributed by atoms with Gasteiger partial charge in [-0.15, -0.1) is 0 Å². The maximum Gasteiger partial charge on any atom is 0.277 e. The Morgan fingerprint density at radius 2 is 1.92 bits per heavy atom. The maximum absolute atomic E-state index is 14.0. The SMILES string of the molecule is COCCN1CN(CCN(C)C(C)=O)n2cc(C(=O)CCc3ccc(F)cc3F)c(=O)c(O)c2C1=O. The molecule has 10 nitrogen and oxygen atoms in total. The molecule has 1 aromatic carbocycles. The Balaban J connectivity index is 1.95. The summed E-state index contributed by atoms with van der Waals surface area (Å²) < 4.78 is 33.4. The number of nitrogens with zero attached hydrogens (tertiary/aromatic N) is 4. The molecule has 0 bridgehead atoms. The summed E-state index contributed by atoms with van der Waals surface area (Å²) >= 11 is 0. The van der Waals surface area contributed by atoms with E-state index >= 15 is 0 Å². The van der Waals surface area contributed by atoms with E-state index in [2.05, 4.69) is 0 Å². The molecule has 0 atom stereocenters. The number of ether oxygens (including phenoxy) is 1. The minimum atomic E-state index is -1.02. The second-order valence-corrected chi connectivity index (χ2v) is 8.45. The Morgan fingerprint density at radius 1 is 1.19 bits per heavy atom. The van der Waals surface area contributed by atoms with E-state index in [0.717, 1.165) is 6.07 Å². The van der Waals surface area contributed by atoms with Crippen LogP contribution in [0.3, 0.4) is 0 Å². The number of aromatic nitrogens is 1. The zero-order chi connectivity index (χ0) is 26.6. The molecule has 3 rings (SSSR count). The van der Waals surface area contributed by atoms with E-state index in [9.17, 15) is 33.1 Å². The van der Waals surface area contributed by atoms with Crippen molar-refractivity contribution in [1.29, 1.82) is 0 Å². The highest BCUT2D eigenvalue weighted by Crippen LogP contribution is 2.22. The molecule has 2 amide bonds. The van der Waals surface area contributed by atoms with Gasteiger partial charge < -0.3 is 19.6 Å². The number of fused-ring (bicyclic) bond motifs is 1. The molecular formula is C24H28F2N4O6. The number of carbonyl (C=O) groups excluding carboxylic acids is 3. The number of aryl methyl sites for hydroxylation is 1. The number of carbonyl (C=O) groups is 3. The van der Waals surface area contributed by atoms with E-state index < -0.39 is 34.5 Å². The van der Waals surface area contributed by atoms with E-state index in [1.807, 2.05) is 0 Å². The van der Waals surface area contributed by atoms with Crippen molar-refractivity contribution in [1.82, 2.24) is 14.5 Å². The van der Waals surface area contributed by atoms with Crippen LogP contribution in [0.1, 0.15) is 39.8 Å². The molecule has 2 aromatic rings. The van der Waals surface area contributed by atoms with Gasteiger partial charge in [-0.25, -0.2) is 8.78 Å². The van der Waals surface area contributed by atoms with Gasteiger partial charge >= 0.3 is 0 Å². The Labute approximate surface area is 206 Å². The lowest BCUT2D eigenvalue weighted by Gasteiger charge is -2.40. The highest BCUT2D eigenvalue weighted by molar-refractivity contribution is 6.00. The minimum absolute atomic E-state index is 0.0532. The Hall–Kier alpha value is -3.80. The molecule has 0 aliphatic carbocycles. The molecule has 194 valence electrons. The van der Waals surface area contributed by atoms with Gasteiger partial charge in [0.1, 0.15) is 18.3 Å². The number of aromatic hydroxyl groups is 1. The molecule has 0 spiro atoms. The van der Waals surface area contributed by atoms with Crippen LogP contribution in [0.15, 0.2) is 29.2 Å². The summed E-state index contributed by atoms with van der Waals surface area (Å²) in [6.45, 7) is 2.34. The number of benzene rings is 1. The first-order chi connectivity index (χ1) is 17.0. The molecule has 0 radical (unpaired) electrons. The van der Waals surface area contributed by atoms with Crippen molar-refractivity contribution < 1.29 is 33.0 Å². The van der Waals surface area contributed by atoms with E-state index in [4.69, 9.17) is 4.74 Å². The van der Waals surface area contributed by atoms with E-state index in [-0.39, 0.29) is 68.5 Å². The molecule has 1 aliphatic rings. The Kier molecular flexibility index (Phi) is 8.41. The zero-order valence-corrected chi connectivity index (χ0v) is 20.3. The molecule has 0 saturated heterocycles. The number of amides is 2. The number of hydrogen-bond acceptors (Lipinski definition) is 7. The molecule has 0 fully saturated rings. The first kappa shape index (κ1) is 26.8. The number of pyridine rings is 1. The van der Waals surface area contributed by atoms with Crippen molar-refractivity contribution in [3.05, 3.63) is 63.1 Å². The fraction of sp³-hybridized carbons (Fsp3) is 0.417. The third kappa shape index (κ3) is 5.70. The van der Waals surface area contributed by atoms with Crippen LogP contribution in [0.25, 0.3) is 0 Å². The molecule has 1 N–H and O–H groups in total. The number of halogens is 2. The van der Waals surface area contributed by atoms with Gasteiger partial charge in [-0.2, -0.15) is 0 Å². The van der Waals surface area contributed by atoms with E-state index in [0.29, 0.717) is 6.07 Å². The second-order valence-electron chi connectivity index (χ2n) is 8.45. The lowest BCUT2D eigenvalue weighted by Crippen LogP contribution is -2.56. The van der Waals surface area contributed by atoms with Crippen LogP contribution in [0, 0.1) is 11.6 Å². The van der Waals surface area contributed by atoms with Crippen LogP contribution < -0.4 is 10.4 Å². The summed E-state index contributed by atoms with van der Waals surface area (Å²) in [6.07, 6.45) is 0.807. The molecule has 2 heterocycles. The van der Waals surface area contributed by atoms with Gasteiger partial charge in [-0.1, -0.05) is 6.07 Å². The van der Waals surface area contributed by atoms with Gasteiger partial charge in [0, 0.05) is 52.9 Å². The highest BCUT2D eigenvalue weighted by Gasteiger charge is 2.34. The normalized spacial score (nSPS) is 13.1. The van der Waals surface area contributed by atoms with Gasteiger partial charge in [-0.3, -0.25) is 28.9 Å². The van der Waals surface area contributed by atoms with Crippen molar-refractivity contribution in [3.63, 3.8) is 0 Å². The maximum atomic E-state index is 14.0. The lowest BCUT2D eigenvalue weighted by atomic mass is 10.0. The molecule has 0 saturated carbocycles. The number of Topliss-reactive ketones (excluding diaryl/α,β-unsaturated/α-hetero) is 1.